The third-order valence-electron chi connectivity index (χ3n) is 1.38. The van der Waals surface area contributed by atoms with Crippen LogP contribution in [0.3, 0.4) is 0 Å². The zero-order valence-corrected chi connectivity index (χ0v) is 6.82. The van der Waals surface area contributed by atoms with E-state index in [0.29, 0.717) is 5.56 Å². The van der Waals surface area contributed by atoms with Gasteiger partial charge in [-0.25, -0.2) is 4.99 Å². The lowest BCUT2D eigenvalue weighted by molar-refractivity contribution is 0.104. The second kappa shape index (κ2) is 4.27. The predicted octanol–water partition coefficient (Wildman–Crippen LogP) is 1.72. The quantitative estimate of drug-likeness (QED) is 0.367. The normalized spacial score (nSPS) is 8.42. The monoisotopic (exact) mass is 159 g/mol. The van der Waals surface area contributed by atoms with Crippen molar-refractivity contribution in [2.24, 2.45) is 4.99 Å². The number of aliphatic imine (C=N–C) groups is 1. The molecule has 0 atom stereocenters. The van der Waals surface area contributed by atoms with Crippen LogP contribution in [0.15, 0.2) is 41.4 Å². The molecule has 0 fully saturated rings. The van der Waals surface area contributed by atoms with E-state index in [1.807, 2.05) is 18.2 Å². The topological polar surface area (TPSA) is 29.4 Å². The fourth-order valence-electron chi connectivity index (χ4n) is 0.809. The number of hydrogen-bond acceptors (Lipinski definition) is 2. The lowest BCUT2D eigenvalue weighted by Crippen LogP contribution is -1.92. The molecule has 0 saturated heterocycles. The van der Waals surface area contributed by atoms with Crippen LogP contribution in [-0.2, 0) is 0 Å². The van der Waals surface area contributed by atoms with Crippen LogP contribution in [0.2, 0.25) is 0 Å². The van der Waals surface area contributed by atoms with Crippen molar-refractivity contribution in [3.63, 3.8) is 0 Å². The van der Waals surface area contributed by atoms with Gasteiger partial charge in [-0.3, -0.25) is 4.79 Å². The van der Waals surface area contributed by atoms with Gasteiger partial charge < -0.3 is 0 Å². The van der Waals surface area contributed by atoms with Crippen molar-refractivity contribution in [3.8, 4) is 0 Å². The van der Waals surface area contributed by atoms with Gasteiger partial charge in [-0.05, 0) is 5.87 Å². The van der Waals surface area contributed by atoms with Crippen molar-refractivity contribution >= 4 is 11.7 Å². The molecule has 1 aromatic rings. The third-order valence-corrected chi connectivity index (χ3v) is 1.38. The molecule has 0 radical (unpaired) electrons. The molecule has 0 bridgehead atoms. The number of hydrogen-bond donors (Lipinski definition) is 0. The minimum atomic E-state index is -0.0683. The molecule has 0 saturated carbocycles. The van der Waals surface area contributed by atoms with Gasteiger partial charge in [0.05, 0.1) is 0 Å². The lowest BCUT2D eigenvalue weighted by Gasteiger charge is -1.90. The van der Waals surface area contributed by atoms with Gasteiger partial charge in [-0.2, -0.15) is 0 Å². The van der Waals surface area contributed by atoms with Gasteiger partial charge in [-0.1, -0.05) is 30.3 Å². The van der Waals surface area contributed by atoms with E-state index >= 15 is 0 Å². The molecule has 12 heavy (non-hydrogen) atoms. The molecule has 0 amide bonds. The summed E-state index contributed by atoms with van der Waals surface area (Å²) < 4.78 is 0. The third kappa shape index (κ3) is 2.19. The van der Waals surface area contributed by atoms with E-state index < -0.39 is 0 Å². The SMILES string of the molecule is CN=C=CC(=O)c1ccccc1. The first-order valence-corrected chi connectivity index (χ1v) is 3.61. The van der Waals surface area contributed by atoms with Crippen LogP contribution in [0.4, 0.5) is 0 Å². The Hall–Kier alpha value is -1.66. The van der Waals surface area contributed by atoms with Gasteiger partial charge in [0.15, 0.2) is 5.78 Å². The Morgan fingerprint density at radius 3 is 2.67 bits per heavy atom. The second-order valence-corrected chi connectivity index (χ2v) is 2.23. The summed E-state index contributed by atoms with van der Waals surface area (Å²) in [5.41, 5.74) is 0.661. The van der Waals surface area contributed by atoms with Gasteiger partial charge in [-0.15, -0.1) is 0 Å². The Labute approximate surface area is 71.3 Å². The maximum atomic E-state index is 11.2. The fourth-order valence-corrected chi connectivity index (χ4v) is 0.809. The summed E-state index contributed by atoms with van der Waals surface area (Å²) in [7, 11) is 1.58. The highest BCUT2D eigenvalue weighted by Crippen LogP contribution is 1.99. The summed E-state index contributed by atoms with van der Waals surface area (Å²) >= 11 is 0. The second-order valence-electron chi connectivity index (χ2n) is 2.23. The highest BCUT2D eigenvalue weighted by Gasteiger charge is 1.97. The lowest BCUT2D eigenvalue weighted by atomic mass is 10.1. The Bertz CT molecular complexity index is 321. The number of allylic oxidation sites excluding steroid dienone is 1. The number of ketones is 1. The van der Waals surface area contributed by atoms with Gasteiger partial charge in [0.1, 0.15) is 0 Å². The average molecular weight is 159 g/mol. The highest BCUT2D eigenvalue weighted by molar-refractivity contribution is 6.08. The van der Waals surface area contributed by atoms with Crippen LogP contribution in [0.1, 0.15) is 10.4 Å². The van der Waals surface area contributed by atoms with Crippen LogP contribution in [0.25, 0.3) is 0 Å². The summed E-state index contributed by atoms with van der Waals surface area (Å²) in [5, 5.41) is 0. The van der Waals surface area contributed by atoms with Crippen LogP contribution in [0, 0.1) is 0 Å². The standard InChI is InChI=1S/C10H9NO/c1-11-8-7-10(12)9-5-3-2-4-6-9/h2-7H,1H3. The van der Waals surface area contributed by atoms with Crippen molar-refractivity contribution in [3.05, 3.63) is 42.0 Å². The van der Waals surface area contributed by atoms with E-state index in [2.05, 4.69) is 10.9 Å². The predicted molar refractivity (Wildman–Crippen MR) is 48.7 cm³/mol. The minimum absolute atomic E-state index is 0.0683. The van der Waals surface area contributed by atoms with E-state index in [0.717, 1.165) is 0 Å². The number of carbonyl (C=O) groups excluding carboxylic acids is 1. The maximum absolute atomic E-state index is 11.2. The van der Waals surface area contributed by atoms with Crippen LogP contribution in [0.5, 0.6) is 0 Å². The number of carbonyl (C=O) groups is 1. The van der Waals surface area contributed by atoms with E-state index in [1.54, 1.807) is 19.2 Å². The molecule has 2 nitrogen and oxygen atoms in total. The Morgan fingerprint density at radius 1 is 1.42 bits per heavy atom. The molecule has 0 aliphatic heterocycles. The summed E-state index contributed by atoms with van der Waals surface area (Å²) in [4.78, 5) is 14.8. The first kappa shape index (κ1) is 8.44. The van der Waals surface area contributed by atoms with Crippen LogP contribution in [-0.4, -0.2) is 18.7 Å². The number of rotatable bonds is 2. The summed E-state index contributed by atoms with van der Waals surface area (Å²) in [6, 6.07) is 9.04. The molecule has 0 spiro atoms. The molecule has 0 aliphatic carbocycles. The molecule has 2 heteroatoms. The molecule has 0 heterocycles. The Morgan fingerprint density at radius 2 is 2.08 bits per heavy atom. The largest absolute Gasteiger partial charge is 0.289 e. The summed E-state index contributed by atoms with van der Waals surface area (Å²) in [6.07, 6.45) is 1.33. The van der Waals surface area contributed by atoms with Crippen molar-refractivity contribution in [1.29, 1.82) is 0 Å². The first-order valence-electron chi connectivity index (χ1n) is 3.61. The number of benzene rings is 1. The van der Waals surface area contributed by atoms with Gasteiger partial charge in [0.25, 0.3) is 0 Å². The molecular weight excluding hydrogens is 150 g/mol. The van der Waals surface area contributed by atoms with Crippen molar-refractivity contribution in [1.82, 2.24) is 0 Å². The van der Waals surface area contributed by atoms with Crippen LogP contribution >= 0.6 is 0 Å². The number of nitrogens with zero attached hydrogens (tertiary/aromatic N) is 1. The zero-order valence-electron chi connectivity index (χ0n) is 6.82. The molecule has 0 aromatic heterocycles. The molecular formula is C10H9NO. The molecule has 1 rings (SSSR count). The maximum Gasteiger partial charge on any atom is 0.195 e. The Balaban J connectivity index is 2.87. The van der Waals surface area contributed by atoms with E-state index in [-0.39, 0.29) is 5.78 Å². The summed E-state index contributed by atoms with van der Waals surface area (Å²) in [6.45, 7) is 0. The average Bonchev–Trinajstić information content (AvgIpc) is 2.15. The summed E-state index contributed by atoms with van der Waals surface area (Å²) in [5.74, 6) is 2.43. The van der Waals surface area contributed by atoms with Crippen molar-refractivity contribution in [2.75, 3.05) is 7.05 Å². The molecule has 0 N–H and O–H groups in total. The van der Waals surface area contributed by atoms with Gasteiger partial charge in [0, 0.05) is 18.7 Å². The fraction of sp³-hybridized carbons (Fsp3) is 0.100. The molecule has 60 valence electrons. The van der Waals surface area contributed by atoms with Gasteiger partial charge >= 0.3 is 0 Å². The van der Waals surface area contributed by atoms with Crippen LogP contribution < -0.4 is 0 Å². The van der Waals surface area contributed by atoms with E-state index in [4.69, 9.17) is 0 Å². The van der Waals surface area contributed by atoms with Crippen molar-refractivity contribution < 1.29 is 4.79 Å². The van der Waals surface area contributed by atoms with Gasteiger partial charge in [0.2, 0.25) is 0 Å². The molecule has 0 unspecified atom stereocenters. The zero-order chi connectivity index (χ0) is 8.81. The first-order chi connectivity index (χ1) is 5.84. The Kier molecular flexibility index (Phi) is 3.00. The smallest absolute Gasteiger partial charge is 0.195 e. The highest BCUT2D eigenvalue weighted by atomic mass is 16.1. The minimum Gasteiger partial charge on any atom is -0.289 e. The van der Waals surface area contributed by atoms with Crippen molar-refractivity contribution in [2.45, 2.75) is 0 Å². The molecule has 1 aromatic carbocycles. The van der Waals surface area contributed by atoms with E-state index in [9.17, 15) is 4.79 Å². The molecule has 0 aliphatic rings. The van der Waals surface area contributed by atoms with E-state index in [1.165, 1.54) is 6.08 Å².